The van der Waals surface area contributed by atoms with Gasteiger partial charge in [0.05, 0.1) is 5.52 Å². The molecule has 0 bridgehead atoms. The van der Waals surface area contributed by atoms with E-state index in [-0.39, 0.29) is 0 Å². The summed E-state index contributed by atoms with van der Waals surface area (Å²) in [5.41, 5.74) is 9.43. The molecule has 0 amide bonds. The lowest BCUT2D eigenvalue weighted by atomic mass is 10.1. The van der Waals surface area contributed by atoms with Crippen LogP contribution in [0.3, 0.4) is 0 Å². The minimum absolute atomic E-state index is 0.636. The van der Waals surface area contributed by atoms with E-state index in [1.165, 1.54) is 0 Å². The molecule has 0 saturated carbocycles. The molecule has 3 aromatic rings. The van der Waals surface area contributed by atoms with Gasteiger partial charge in [0, 0.05) is 16.6 Å². The van der Waals surface area contributed by atoms with Crippen LogP contribution < -0.4 is 10.5 Å². The van der Waals surface area contributed by atoms with Crippen molar-refractivity contribution in [3.63, 3.8) is 0 Å². The summed E-state index contributed by atoms with van der Waals surface area (Å²) in [7, 11) is 0. The van der Waals surface area contributed by atoms with Gasteiger partial charge in [-0.2, -0.15) is 0 Å². The summed E-state index contributed by atoms with van der Waals surface area (Å²) >= 11 is 0. The van der Waals surface area contributed by atoms with Crippen molar-refractivity contribution >= 4 is 16.6 Å². The highest BCUT2D eigenvalue weighted by molar-refractivity contribution is 5.80. The molecule has 0 fully saturated rings. The van der Waals surface area contributed by atoms with Gasteiger partial charge in [-0.25, -0.2) is 4.98 Å². The van der Waals surface area contributed by atoms with Gasteiger partial charge in [-0.15, -0.1) is 0 Å². The first kappa shape index (κ1) is 12.5. The summed E-state index contributed by atoms with van der Waals surface area (Å²) in [6.45, 7) is 3.98. The van der Waals surface area contributed by atoms with Gasteiger partial charge in [0.2, 0.25) is 5.88 Å². The number of nitrogens with zero attached hydrogens (tertiary/aromatic N) is 1. The maximum absolute atomic E-state index is 5.94. The lowest BCUT2D eigenvalue weighted by molar-refractivity contribution is 0.458. The predicted octanol–water partition coefficient (Wildman–Crippen LogP) is 4.23. The lowest BCUT2D eigenvalue weighted by Gasteiger charge is -2.11. The van der Waals surface area contributed by atoms with Crippen molar-refractivity contribution in [3.8, 4) is 11.6 Å². The minimum atomic E-state index is 0.636. The Morgan fingerprint density at radius 3 is 2.55 bits per heavy atom. The molecule has 3 heteroatoms. The van der Waals surface area contributed by atoms with Crippen molar-refractivity contribution in [1.82, 2.24) is 4.98 Å². The zero-order valence-electron chi connectivity index (χ0n) is 11.6. The number of fused-ring (bicyclic) bond motifs is 1. The SMILES string of the molecule is Cc1cc(N)ccc1Oc1nc2ccccc2cc1C. The Morgan fingerprint density at radius 2 is 1.75 bits per heavy atom. The van der Waals surface area contributed by atoms with Gasteiger partial charge in [0.15, 0.2) is 0 Å². The average Bonchev–Trinajstić information content (AvgIpc) is 2.42. The van der Waals surface area contributed by atoms with Gasteiger partial charge in [0.1, 0.15) is 5.75 Å². The van der Waals surface area contributed by atoms with E-state index in [4.69, 9.17) is 10.5 Å². The molecule has 3 nitrogen and oxygen atoms in total. The maximum Gasteiger partial charge on any atom is 0.222 e. The van der Waals surface area contributed by atoms with Crippen LogP contribution in [0.1, 0.15) is 11.1 Å². The summed E-state index contributed by atoms with van der Waals surface area (Å²) in [5, 5.41) is 1.12. The van der Waals surface area contributed by atoms with Crippen LogP contribution in [0.2, 0.25) is 0 Å². The first-order chi connectivity index (χ1) is 9.63. The Kier molecular flexibility index (Phi) is 3.03. The molecule has 3 rings (SSSR count). The number of nitrogens with two attached hydrogens (primary N) is 1. The molecule has 0 saturated heterocycles. The molecule has 1 heterocycles. The summed E-state index contributed by atoms with van der Waals surface area (Å²) in [5.74, 6) is 1.42. The number of hydrogen-bond acceptors (Lipinski definition) is 3. The smallest absolute Gasteiger partial charge is 0.222 e. The zero-order valence-corrected chi connectivity index (χ0v) is 11.6. The van der Waals surface area contributed by atoms with Crippen molar-refractivity contribution in [3.05, 3.63) is 59.7 Å². The molecular weight excluding hydrogens is 248 g/mol. The number of nitrogen functional groups attached to an aromatic ring is 1. The number of ether oxygens (including phenoxy) is 1. The predicted molar refractivity (Wildman–Crippen MR) is 82.1 cm³/mol. The third-order valence-corrected chi connectivity index (χ3v) is 3.27. The maximum atomic E-state index is 5.94. The number of rotatable bonds is 2. The number of pyridine rings is 1. The number of anilines is 1. The van der Waals surface area contributed by atoms with E-state index in [1.807, 2.05) is 56.3 Å². The van der Waals surface area contributed by atoms with E-state index in [1.54, 1.807) is 0 Å². The standard InChI is InChI=1S/C17H16N2O/c1-11-10-14(18)7-8-16(11)20-17-12(2)9-13-5-3-4-6-15(13)19-17/h3-10H,18H2,1-2H3. The van der Waals surface area contributed by atoms with Crippen molar-refractivity contribution in [2.24, 2.45) is 0 Å². The van der Waals surface area contributed by atoms with Crippen LogP contribution in [0.4, 0.5) is 5.69 Å². The highest BCUT2D eigenvalue weighted by Gasteiger charge is 2.07. The van der Waals surface area contributed by atoms with Crippen LogP contribution in [-0.4, -0.2) is 4.98 Å². The number of benzene rings is 2. The molecule has 0 aliphatic carbocycles. The Balaban J connectivity index is 2.03. The fraction of sp³-hybridized carbons (Fsp3) is 0.118. The van der Waals surface area contributed by atoms with E-state index in [0.717, 1.165) is 33.5 Å². The van der Waals surface area contributed by atoms with Crippen molar-refractivity contribution in [1.29, 1.82) is 0 Å². The number of aryl methyl sites for hydroxylation is 2. The van der Waals surface area contributed by atoms with Crippen LogP contribution in [0.5, 0.6) is 11.6 Å². The van der Waals surface area contributed by atoms with Crippen LogP contribution in [0.25, 0.3) is 10.9 Å². The van der Waals surface area contributed by atoms with Crippen LogP contribution in [0.15, 0.2) is 48.5 Å². The van der Waals surface area contributed by atoms with Crippen molar-refractivity contribution in [2.75, 3.05) is 5.73 Å². The Labute approximate surface area is 118 Å². The fourth-order valence-corrected chi connectivity index (χ4v) is 2.20. The molecule has 20 heavy (non-hydrogen) atoms. The molecule has 0 unspecified atom stereocenters. The Hall–Kier alpha value is -2.55. The van der Waals surface area contributed by atoms with E-state index >= 15 is 0 Å². The van der Waals surface area contributed by atoms with E-state index in [9.17, 15) is 0 Å². The normalized spacial score (nSPS) is 10.7. The van der Waals surface area contributed by atoms with Gasteiger partial charge in [-0.3, -0.25) is 0 Å². The van der Waals surface area contributed by atoms with E-state index in [0.29, 0.717) is 5.88 Å². The van der Waals surface area contributed by atoms with Crippen molar-refractivity contribution in [2.45, 2.75) is 13.8 Å². The largest absolute Gasteiger partial charge is 0.438 e. The van der Waals surface area contributed by atoms with Gasteiger partial charge in [0.25, 0.3) is 0 Å². The molecule has 1 aromatic heterocycles. The monoisotopic (exact) mass is 264 g/mol. The molecular formula is C17H16N2O. The van der Waals surface area contributed by atoms with Crippen LogP contribution in [-0.2, 0) is 0 Å². The summed E-state index contributed by atoms with van der Waals surface area (Å²) < 4.78 is 5.94. The summed E-state index contributed by atoms with van der Waals surface area (Å²) in [6, 6.07) is 15.7. The van der Waals surface area contributed by atoms with Crippen LogP contribution >= 0.6 is 0 Å². The third kappa shape index (κ3) is 2.30. The molecule has 0 radical (unpaired) electrons. The highest BCUT2D eigenvalue weighted by atomic mass is 16.5. The number of hydrogen-bond donors (Lipinski definition) is 1. The van der Waals surface area contributed by atoms with Crippen LogP contribution in [0, 0.1) is 13.8 Å². The van der Waals surface area contributed by atoms with Gasteiger partial charge < -0.3 is 10.5 Å². The van der Waals surface area contributed by atoms with Gasteiger partial charge in [-0.05, 0) is 49.7 Å². The Morgan fingerprint density at radius 1 is 0.950 bits per heavy atom. The lowest BCUT2D eigenvalue weighted by Crippen LogP contribution is -1.95. The zero-order chi connectivity index (χ0) is 14.1. The fourth-order valence-electron chi connectivity index (χ4n) is 2.20. The summed E-state index contributed by atoms with van der Waals surface area (Å²) in [6.07, 6.45) is 0. The second-order valence-electron chi connectivity index (χ2n) is 4.93. The molecule has 100 valence electrons. The average molecular weight is 264 g/mol. The number of para-hydroxylation sites is 1. The second-order valence-corrected chi connectivity index (χ2v) is 4.93. The summed E-state index contributed by atoms with van der Waals surface area (Å²) in [4.78, 5) is 4.58. The third-order valence-electron chi connectivity index (χ3n) is 3.27. The molecule has 0 atom stereocenters. The molecule has 0 aliphatic heterocycles. The molecule has 2 N–H and O–H groups in total. The Bertz CT molecular complexity index is 781. The quantitative estimate of drug-likeness (QED) is 0.705. The van der Waals surface area contributed by atoms with Crippen molar-refractivity contribution < 1.29 is 4.74 Å². The molecule has 0 spiro atoms. The second kappa shape index (κ2) is 4.85. The number of aromatic nitrogens is 1. The topological polar surface area (TPSA) is 48.1 Å². The first-order valence-electron chi connectivity index (χ1n) is 6.54. The highest BCUT2D eigenvalue weighted by Crippen LogP contribution is 2.29. The molecule has 0 aliphatic rings. The van der Waals surface area contributed by atoms with E-state index < -0.39 is 0 Å². The minimum Gasteiger partial charge on any atom is -0.438 e. The molecule has 2 aromatic carbocycles. The van der Waals surface area contributed by atoms with E-state index in [2.05, 4.69) is 11.1 Å². The first-order valence-corrected chi connectivity index (χ1v) is 6.54. The van der Waals surface area contributed by atoms with Gasteiger partial charge in [-0.1, -0.05) is 18.2 Å². The van der Waals surface area contributed by atoms with Gasteiger partial charge >= 0.3 is 0 Å².